The van der Waals surface area contributed by atoms with Gasteiger partial charge in [0, 0.05) is 31.9 Å². The summed E-state index contributed by atoms with van der Waals surface area (Å²) in [4.78, 5) is 28.3. The van der Waals surface area contributed by atoms with Gasteiger partial charge in [-0.25, -0.2) is 0 Å². The number of nitrogens with zero attached hydrogens (tertiary/aromatic N) is 2. The lowest BCUT2D eigenvalue weighted by Gasteiger charge is -2.33. The van der Waals surface area contributed by atoms with Crippen LogP contribution in [0.2, 0.25) is 0 Å². The van der Waals surface area contributed by atoms with E-state index in [0.29, 0.717) is 38.5 Å². The van der Waals surface area contributed by atoms with Crippen molar-refractivity contribution in [2.24, 2.45) is 0 Å². The molecule has 3 rings (SSSR count). The Morgan fingerprint density at radius 1 is 1.08 bits per heavy atom. The fourth-order valence-electron chi connectivity index (χ4n) is 2.89. The topological polar surface area (TPSA) is 65.8 Å². The van der Waals surface area contributed by atoms with Crippen molar-refractivity contribution in [2.45, 2.75) is 13.8 Å². The standard InChI is InChI=1S/C19H23N3O3/c1-14-5-6-16(12-15(14)2)20-18(23)13-21-7-9-22(10-8-21)19(24)17-4-3-11-25-17/h3-6,11-12H,7-10,13H2,1-2H3,(H,20,23). The highest BCUT2D eigenvalue weighted by molar-refractivity contribution is 5.93. The quantitative estimate of drug-likeness (QED) is 0.927. The summed E-state index contributed by atoms with van der Waals surface area (Å²) in [6.07, 6.45) is 1.50. The average molecular weight is 341 g/mol. The predicted octanol–water partition coefficient (Wildman–Crippen LogP) is 2.29. The summed E-state index contributed by atoms with van der Waals surface area (Å²) in [5, 5.41) is 2.94. The Hall–Kier alpha value is -2.60. The molecule has 2 aromatic rings. The molecule has 2 amide bonds. The third kappa shape index (κ3) is 4.28. The summed E-state index contributed by atoms with van der Waals surface area (Å²) in [6, 6.07) is 9.28. The van der Waals surface area contributed by atoms with Crippen LogP contribution in [0.4, 0.5) is 5.69 Å². The largest absolute Gasteiger partial charge is 0.459 e. The number of rotatable bonds is 4. The van der Waals surface area contributed by atoms with Gasteiger partial charge in [0.25, 0.3) is 5.91 Å². The average Bonchev–Trinajstić information content (AvgIpc) is 3.13. The van der Waals surface area contributed by atoms with Crippen molar-refractivity contribution in [3.63, 3.8) is 0 Å². The Kier molecular flexibility index (Phi) is 5.19. The number of piperazine rings is 1. The number of furan rings is 1. The van der Waals surface area contributed by atoms with Gasteiger partial charge in [-0.15, -0.1) is 0 Å². The maximum absolute atomic E-state index is 12.2. The lowest BCUT2D eigenvalue weighted by molar-refractivity contribution is -0.117. The zero-order chi connectivity index (χ0) is 17.8. The molecule has 6 nitrogen and oxygen atoms in total. The highest BCUT2D eigenvalue weighted by atomic mass is 16.3. The molecule has 0 unspecified atom stereocenters. The number of hydrogen-bond donors (Lipinski definition) is 1. The minimum atomic E-state index is -0.0933. The lowest BCUT2D eigenvalue weighted by atomic mass is 10.1. The molecule has 1 saturated heterocycles. The third-order valence-electron chi connectivity index (χ3n) is 4.55. The van der Waals surface area contributed by atoms with Crippen LogP contribution in [0.15, 0.2) is 41.0 Å². The molecule has 0 saturated carbocycles. The second kappa shape index (κ2) is 7.53. The molecule has 1 aromatic heterocycles. The predicted molar refractivity (Wildman–Crippen MR) is 95.6 cm³/mol. The number of amides is 2. The summed E-state index contributed by atoms with van der Waals surface area (Å²) < 4.78 is 5.16. The van der Waals surface area contributed by atoms with Gasteiger partial charge in [-0.1, -0.05) is 6.07 Å². The van der Waals surface area contributed by atoms with E-state index in [0.717, 1.165) is 11.3 Å². The van der Waals surface area contributed by atoms with Gasteiger partial charge in [0.2, 0.25) is 5.91 Å². The van der Waals surface area contributed by atoms with Gasteiger partial charge in [-0.3, -0.25) is 14.5 Å². The Morgan fingerprint density at radius 2 is 1.84 bits per heavy atom. The van der Waals surface area contributed by atoms with Crippen LogP contribution in [0.25, 0.3) is 0 Å². The first-order valence-corrected chi connectivity index (χ1v) is 8.45. The van der Waals surface area contributed by atoms with Gasteiger partial charge >= 0.3 is 0 Å². The van der Waals surface area contributed by atoms with E-state index in [9.17, 15) is 9.59 Å². The molecule has 25 heavy (non-hydrogen) atoms. The zero-order valence-electron chi connectivity index (χ0n) is 14.6. The molecule has 0 aliphatic carbocycles. The Morgan fingerprint density at radius 3 is 2.48 bits per heavy atom. The van der Waals surface area contributed by atoms with Crippen molar-refractivity contribution in [1.29, 1.82) is 0 Å². The van der Waals surface area contributed by atoms with Gasteiger partial charge in [-0.2, -0.15) is 0 Å². The molecule has 1 aromatic carbocycles. The first kappa shape index (κ1) is 17.2. The lowest BCUT2D eigenvalue weighted by Crippen LogP contribution is -2.50. The molecule has 1 fully saturated rings. The normalized spacial score (nSPS) is 15.2. The first-order chi connectivity index (χ1) is 12.0. The second-order valence-corrected chi connectivity index (χ2v) is 6.39. The molecule has 0 bridgehead atoms. The van der Waals surface area contributed by atoms with Crippen molar-refractivity contribution in [3.05, 3.63) is 53.5 Å². The van der Waals surface area contributed by atoms with Crippen LogP contribution >= 0.6 is 0 Å². The Balaban J connectivity index is 1.47. The van der Waals surface area contributed by atoms with Crippen molar-refractivity contribution in [1.82, 2.24) is 9.80 Å². The molecule has 1 aliphatic rings. The molecule has 2 heterocycles. The molecule has 1 aliphatic heterocycles. The van der Waals surface area contributed by atoms with Crippen LogP contribution in [0.5, 0.6) is 0 Å². The fraction of sp³-hybridized carbons (Fsp3) is 0.368. The molecular formula is C19H23N3O3. The fourth-order valence-corrected chi connectivity index (χ4v) is 2.89. The van der Waals surface area contributed by atoms with Crippen LogP contribution < -0.4 is 5.32 Å². The molecular weight excluding hydrogens is 318 g/mol. The molecule has 6 heteroatoms. The maximum Gasteiger partial charge on any atom is 0.289 e. The summed E-state index contributed by atoms with van der Waals surface area (Å²) in [5.74, 6) is 0.235. The van der Waals surface area contributed by atoms with Gasteiger partial charge in [0.05, 0.1) is 12.8 Å². The summed E-state index contributed by atoms with van der Waals surface area (Å²) >= 11 is 0. The summed E-state index contributed by atoms with van der Waals surface area (Å²) in [7, 11) is 0. The zero-order valence-corrected chi connectivity index (χ0v) is 14.6. The molecule has 0 radical (unpaired) electrons. The number of aryl methyl sites for hydroxylation is 2. The monoisotopic (exact) mass is 341 g/mol. The van der Waals surface area contributed by atoms with E-state index < -0.39 is 0 Å². The SMILES string of the molecule is Cc1ccc(NC(=O)CN2CCN(C(=O)c3ccco3)CC2)cc1C. The highest BCUT2D eigenvalue weighted by Crippen LogP contribution is 2.14. The molecule has 0 atom stereocenters. The van der Waals surface area contributed by atoms with Crippen molar-refractivity contribution in [3.8, 4) is 0 Å². The van der Waals surface area contributed by atoms with Crippen LogP contribution in [0.3, 0.4) is 0 Å². The van der Waals surface area contributed by atoms with Crippen LogP contribution in [0.1, 0.15) is 21.7 Å². The Bertz CT molecular complexity index is 747. The minimum Gasteiger partial charge on any atom is -0.459 e. The van der Waals surface area contributed by atoms with Crippen molar-refractivity contribution >= 4 is 17.5 Å². The van der Waals surface area contributed by atoms with E-state index in [-0.39, 0.29) is 11.8 Å². The summed E-state index contributed by atoms with van der Waals surface area (Å²) in [6.45, 7) is 6.94. The third-order valence-corrected chi connectivity index (χ3v) is 4.55. The van der Waals surface area contributed by atoms with Gasteiger partial charge in [0.15, 0.2) is 5.76 Å². The number of anilines is 1. The number of benzene rings is 1. The van der Waals surface area contributed by atoms with E-state index >= 15 is 0 Å². The van der Waals surface area contributed by atoms with Crippen LogP contribution in [-0.2, 0) is 4.79 Å². The van der Waals surface area contributed by atoms with Gasteiger partial charge in [0.1, 0.15) is 0 Å². The van der Waals surface area contributed by atoms with E-state index in [4.69, 9.17) is 4.42 Å². The van der Waals surface area contributed by atoms with E-state index in [1.54, 1.807) is 17.0 Å². The molecule has 0 spiro atoms. The first-order valence-electron chi connectivity index (χ1n) is 8.45. The number of hydrogen-bond acceptors (Lipinski definition) is 4. The van der Waals surface area contributed by atoms with E-state index in [2.05, 4.69) is 10.2 Å². The second-order valence-electron chi connectivity index (χ2n) is 6.39. The summed E-state index contributed by atoms with van der Waals surface area (Å²) in [5.41, 5.74) is 3.18. The van der Waals surface area contributed by atoms with Crippen LogP contribution in [0, 0.1) is 13.8 Å². The van der Waals surface area contributed by atoms with Gasteiger partial charge in [-0.05, 0) is 49.2 Å². The molecule has 132 valence electrons. The van der Waals surface area contributed by atoms with Crippen LogP contribution in [-0.4, -0.2) is 54.3 Å². The minimum absolute atomic E-state index is 0.0333. The van der Waals surface area contributed by atoms with E-state index in [1.165, 1.54) is 11.8 Å². The van der Waals surface area contributed by atoms with E-state index in [1.807, 2.05) is 32.0 Å². The maximum atomic E-state index is 12.2. The highest BCUT2D eigenvalue weighted by Gasteiger charge is 2.24. The number of carbonyl (C=O) groups excluding carboxylic acids is 2. The number of carbonyl (C=O) groups is 2. The van der Waals surface area contributed by atoms with Crippen molar-refractivity contribution in [2.75, 3.05) is 38.0 Å². The van der Waals surface area contributed by atoms with Gasteiger partial charge < -0.3 is 14.6 Å². The Labute approximate surface area is 147 Å². The smallest absolute Gasteiger partial charge is 0.289 e. The molecule has 1 N–H and O–H groups in total. The number of nitrogens with one attached hydrogen (secondary N) is 1. The van der Waals surface area contributed by atoms with Crippen molar-refractivity contribution < 1.29 is 14.0 Å².